The SMILES string of the molecule is CCCN(CCC(=O)O)C(=O)[C@H]1CCC[C@H]1CNC(=O)OCC1c2ccccc2-c2ccccc21. The third-order valence-electron chi connectivity index (χ3n) is 7.23. The van der Waals surface area contributed by atoms with Crippen molar-refractivity contribution in [3.8, 4) is 11.1 Å². The monoisotopic (exact) mass is 478 g/mol. The molecular weight excluding hydrogens is 444 g/mol. The Balaban J connectivity index is 1.31. The molecule has 186 valence electrons. The van der Waals surface area contributed by atoms with Crippen LogP contribution >= 0.6 is 0 Å². The minimum absolute atomic E-state index is 0.00457. The van der Waals surface area contributed by atoms with Crippen LogP contribution in [0, 0.1) is 11.8 Å². The number of fused-ring (bicyclic) bond motifs is 3. The molecule has 0 bridgehead atoms. The average molecular weight is 479 g/mol. The van der Waals surface area contributed by atoms with E-state index >= 15 is 0 Å². The van der Waals surface area contributed by atoms with Crippen LogP contribution in [-0.2, 0) is 14.3 Å². The molecule has 2 N–H and O–H groups in total. The molecule has 1 saturated carbocycles. The van der Waals surface area contributed by atoms with Crippen molar-refractivity contribution in [3.05, 3.63) is 59.7 Å². The summed E-state index contributed by atoms with van der Waals surface area (Å²) in [6.45, 7) is 3.39. The molecule has 0 heterocycles. The molecule has 0 unspecified atom stereocenters. The maximum absolute atomic E-state index is 13.1. The molecule has 2 aliphatic carbocycles. The van der Waals surface area contributed by atoms with Crippen LogP contribution in [0.2, 0.25) is 0 Å². The molecular formula is C28H34N2O5. The van der Waals surface area contributed by atoms with Crippen LogP contribution in [0.15, 0.2) is 48.5 Å². The van der Waals surface area contributed by atoms with E-state index in [1.165, 1.54) is 22.3 Å². The molecule has 0 spiro atoms. The number of carbonyl (C=O) groups is 3. The molecule has 2 aliphatic rings. The number of alkyl carbamates (subject to hydrolysis) is 1. The number of ether oxygens (including phenoxy) is 1. The molecule has 35 heavy (non-hydrogen) atoms. The summed E-state index contributed by atoms with van der Waals surface area (Å²) in [7, 11) is 0. The molecule has 2 aromatic rings. The quantitative estimate of drug-likeness (QED) is 0.518. The first-order valence-corrected chi connectivity index (χ1v) is 12.6. The van der Waals surface area contributed by atoms with E-state index in [9.17, 15) is 14.4 Å². The van der Waals surface area contributed by atoms with E-state index in [1.54, 1.807) is 4.90 Å². The minimum atomic E-state index is -0.904. The number of carboxylic acid groups (broad SMARTS) is 1. The van der Waals surface area contributed by atoms with Crippen LogP contribution in [0.3, 0.4) is 0 Å². The summed E-state index contributed by atoms with van der Waals surface area (Å²) in [4.78, 5) is 38.4. The predicted molar refractivity (Wildman–Crippen MR) is 133 cm³/mol. The van der Waals surface area contributed by atoms with E-state index in [4.69, 9.17) is 9.84 Å². The molecule has 2 amide bonds. The molecule has 0 aliphatic heterocycles. The molecule has 4 rings (SSSR count). The fourth-order valence-electron chi connectivity index (χ4n) is 5.54. The number of aliphatic carboxylic acids is 1. The van der Waals surface area contributed by atoms with Gasteiger partial charge in [0.15, 0.2) is 0 Å². The van der Waals surface area contributed by atoms with Crippen molar-refractivity contribution < 1.29 is 24.2 Å². The summed E-state index contributed by atoms with van der Waals surface area (Å²) < 4.78 is 5.64. The third-order valence-corrected chi connectivity index (χ3v) is 7.23. The van der Waals surface area contributed by atoms with Crippen molar-refractivity contribution in [3.63, 3.8) is 0 Å². The van der Waals surface area contributed by atoms with Crippen molar-refractivity contribution in [2.24, 2.45) is 11.8 Å². The van der Waals surface area contributed by atoms with Crippen LogP contribution in [0.5, 0.6) is 0 Å². The lowest BCUT2D eigenvalue weighted by Gasteiger charge is -2.28. The summed E-state index contributed by atoms with van der Waals surface area (Å²) in [6, 6.07) is 16.4. The van der Waals surface area contributed by atoms with Gasteiger partial charge < -0.3 is 20.1 Å². The lowest BCUT2D eigenvalue weighted by molar-refractivity contribution is -0.140. The Morgan fingerprint density at radius 1 is 1.00 bits per heavy atom. The van der Waals surface area contributed by atoms with E-state index in [0.717, 1.165) is 25.7 Å². The topological polar surface area (TPSA) is 95.9 Å². The highest BCUT2D eigenvalue weighted by Gasteiger charge is 2.36. The van der Waals surface area contributed by atoms with Gasteiger partial charge in [0.1, 0.15) is 6.61 Å². The van der Waals surface area contributed by atoms with Gasteiger partial charge in [0, 0.05) is 31.5 Å². The van der Waals surface area contributed by atoms with Crippen molar-refractivity contribution in [2.75, 3.05) is 26.2 Å². The van der Waals surface area contributed by atoms with Gasteiger partial charge in [0.05, 0.1) is 6.42 Å². The van der Waals surface area contributed by atoms with E-state index in [0.29, 0.717) is 13.1 Å². The third kappa shape index (κ3) is 5.66. The average Bonchev–Trinajstić information content (AvgIpc) is 3.46. The molecule has 2 atom stereocenters. The van der Waals surface area contributed by atoms with E-state index in [2.05, 4.69) is 29.6 Å². The van der Waals surface area contributed by atoms with Gasteiger partial charge in [-0.2, -0.15) is 0 Å². The smallest absolute Gasteiger partial charge is 0.407 e. The summed E-state index contributed by atoms with van der Waals surface area (Å²) in [5.74, 6) is -1.05. The number of hydrogen-bond donors (Lipinski definition) is 2. The Morgan fingerprint density at radius 2 is 1.66 bits per heavy atom. The molecule has 0 aromatic heterocycles. The molecule has 7 heteroatoms. The summed E-state index contributed by atoms with van der Waals surface area (Å²) in [5, 5.41) is 11.9. The molecule has 2 aromatic carbocycles. The number of nitrogens with zero attached hydrogens (tertiary/aromatic N) is 1. The number of nitrogens with one attached hydrogen (secondary N) is 1. The first kappa shape index (κ1) is 24.8. The van der Waals surface area contributed by atoms with Crippen LogP contribution in [0.4, 0.5) is 4.79 Å². The fourth-order valence-corrected chi connectivity index (χ4v) is 5.54. The zero-order valence-electron chi connectivity index (χ0n) is 20.2. The Morgan fingerprint density at radius 3 is 2.29 bits per heavy atom. The lowest BCUT2D eigenvalue weighted by atomic mass is 9.94. The van der Waals surface area contributed by atoms with Crippen LogP contribution in [-0.4, -0.2) is 54.2 Å². The van der Waals surface area contributed by atoms with E-state index < -0.39 is 12.1 Å². The minimum Gasteiger partial charge on any atom is -0.481 e. The summed E-state index contributed by atoms with van der Waals surface area (Å²) in [5.41, 5.74) is 4.70. The van der Waals surface area contributed by atoms with Gasteiger partial charge in [-0.05, 0) is 47.4 Å². The maximum Gasteiger partial charge on any atom is 0.407 e. The zero-order chi connectivity index (χ0) is 24.8. The maximum atomic E-state index is 13.1. The highest BCUT2D eigenvalue weighted by atomic mass is 16.5. The highest BCUT2D eigenvalue weighted by Crippen LogP contribution is 2.44. The molecule has 1 fully saturated rings. The van der Waals surface area contributed by atoms with Gasteiger partial charge in [-0.15, -0.1) is 0 Å². The van der Waals surface area contributed by atoms with E-state index in [-0.39, 0.29) is 43.2 Å². The van der Waals surface area contributed by atoms with Gasteiger partial charge in [-0.1, -0.05) is 61.9 Å². The Kier molecular flexibility index (Phi) is 8.06. The summed E-state index contributed by atoms with van der Waals surface area (Å²) >= 11 is 0. The second-order valence-electron chi connectivity index (χ2n) is 9.47. The fraction of sp³-hybridized carbons (Fsp3) is 0.464. The summed E-state index contributed by atoms with van der Waals surface area (Å²) in [6.07, 6.45) is 2.80. The molecule has 0 radical (unpaired) electrons. The number of carboxylic acids is 1. The predicted octanol–water partition coefficient (Wildman–Crippen LogP) is 4.65. The van der Waals surface area contributed by atoms with E-state index in [1.807, 2.05) is 31.2 Å². The van der Waals surface area contributed by atoms with Crippen LogP contribution in [0.25, 0.3) is 11.1 Å². The number of hydrogen-bond acceptors (Lipinski definition) is 4. The Hall–Kier alpha value is -3.35. The standard InChI is InChI=1S/C28H34N2O5/c1-2-15-30(16-14-26(31)32)27(33)20-13-7-8-19(20)17-29-28(34)35-18-25-23-11-5-3-9-21(23)22-10-4-6-12-24(22)25/h3-6,9-12,19-20,25H,2,7-8,13-18H2,1H3,(H,29,34)(H,31,32)/t19-,20-/m0/s1. The first-order chi connectivity index (χ1) is 17.0. The van der Waals surface area contributed by atoms with Crippen molar-refractivity contribution in [1.82, 2.24) is 10.2 Å². The van der Waals surface area contributed by atoms with Gasteiger partial charge >= 0.3 is 12.1 Å². The second kappa shape index (κ2) is 11.4. The second-order valence-corrected chi connectivity index (χ2v) is 9.47. The van der Waals surface area contributed by atoms with Gasteiger partial charge in [0.25, 0.3) is 0 Å². The Labute approximate surface area is 206 Å². The van der Waals surface area contributed by atoms with Gasteiger partial charge in [0.2, 0.25) is 5.91 Å². The number of amides is 2. The van der Waals surface area contributed by atoms with Crippen LogP contribution in [0.1, 0.15) is 56.1 Å². The van der Waals surface area contributed by atoms with Gasteiger partial charge in [-0.3, -0.25) is 9.59 Å². The van der Waals surface area contributed by atoms with Crippen molar-refractivity contribution in [2.45, 2.75) is 44.9 Å². The number of benzene rings is 2. The van der Waals surface area contributed by atoms with Gasteiger partial charge in [-0.25, -0.2) is 4.79 Å². The van der Waals surface area contributed by atoms with Crippen LogP contribution < -0.4 is 5.32 Å². The number of rotatable bonds is 10. The molecule has 7 nitrogen and oxygen atoms in total. The first-order valence-electron chi connectivity index (χ1n) is 12.6. The molecule has 0 saturated heterocycles. The zero-order valence-corrected chi connectivity index (χ0v) is 20.2. The normalized spacial score (nSPS) is 18.5. The number of carbonyl (C=O) groups excluding carboxylic acids is 2. The highest BCUT2D eigenvalue weighted by molar-refractivity contribution is 5.80. The van der Waals surface area contributed by atoms with Crippen molar-refractivity contribution in [1.29, 1.82) is 0 Å². The largest absolute Gasteiger partial charge is 0.481 e. The Bertz CT molecular complexity index is 1020. The van der Waals surface area contributed by atoms with Crippen molar-refractivity contribution >= 4 is 18.0 Å². The lowest BCUT2D eigenvalue weighted by Crippen LogP contribution is -2.42.